The molecule has 0 radical (unpaired) electrons. The molecule has 42 heavy (non-hydrogen) atoms. The molecule has 3 atom stereocenters. The molecule has 1 fully saturated rings. The molecule has 9 nitrogen and oxygen atoms in total. The third-order valence-electron chi connectivity index (χ3n) is 8.38. The highest BCUT2D eigenvalue weighted by atomic mass is 16.5. The van der Waals surface area contributed by atoms with Gasteiger partial charge in [-0.15, -0.1) is 0 Å². The predicted octanol–water partition coefficient (Wildman–Crippen LogP) is 3.90. The van der Waals surface area contributed by atoms with E-state index in [4.69, 9.17) is 14.2 Å². The molecular formula is C33H48N3O6+. The molecule has 1 unspecified atom stereocenters. The van der Waals surface area contributed by atoms with Crippen molar-refractivity contribution in [3.8, 4) is 17.2 Å². The molecule has 9 heteroatoms. The van der Waals surface area contributed by atoms with E-state index in [1.54, 1.807) is 7.11 Å². The number of hydrogen-bond acceptors (Lipinski definition) is 6. The van der Waals surface area contributed by atoms with E-state index in [-0.39, 0.29) is 25.0 Å². The molecule has 0 aliphatic carbocycles. The van der Waals surface area contributed by atoms with Crippen LogP contribution in [0.15, 0.2) is 42.5 Å². The van der Waals surface area contributed by atoms with Crippen molar-refractivity contribution >= 4 is 11.9 Å². The summed E-state index contributed by atoms with van der Waals surface area (Å²) in [5.41, 5.74) is 2.07. The van der Waals surface area contributed by atoms with Gasteiger partial charge in [-0.3, -0.25) is 14.5 Å². The van der Waals surface area contributed by atoms with Gasteiger partial charge < -0.3 is 28.7 Å². The maximum atomic E-state index is 13.8. The van der Waals surface area contributed by atoms with Crippen LogP contribution in [0, 0.1) is 5.92 Å². The standard InChI is InChI=1S/C33H47N3O6/c1-6-7-16-34(17-10-18-36(2,3)4)31(37)22-35-21-26(24-13-14-28-25(20-24)15-19-41-28)32(33(38)39)27(35)23-42-30-12-9-8-11-29(30)40-5/h8-9,11-14,20,26-27,32H,6-7,10,15-19,21-23H2,1-5H3/p+1/t26-,27+,32?/m1/s1. The van der Waals surface area contributed by atoms with Crippen LogP contribution >= 0.6 is 0 Å². The summed E-state index contributed by atoms with van der Waals surface area (Å²) < 4.78 is 18.2. The topological polar surface area (TPSA) is 88.5 Å². The summed E-state index contributed by atoms with van der Waals surface area (Å²) in [5.74, 6) is 0.143. The van der Waals surface area contributed by atoms with E-state index in [0.29, 0.717) is 37.7 Å². The van der Waals surface area contributed by atoms with Gasteiger partial charge in [0, 0.05) is 38.4 Å². The minimum atomic E-state index is -0.883. The first-order chi connectivity index (χ1) is 20.1. The van der Waals surface area contributed by atoms with Gasteiger partial charge >= 0.3 is 5.97 Å². The Morgan fingerprint density at radius 3 is 2.52 bits per heavy atom. The third kappa shape index (κ3) is 7.95. The lowest BCUT2D eigenvalue weighted by molar-refractivity contribution is -0.870. The molecule has 2 aromatic carbocycles. The van der Waals surface area contributed by atoms with Crippen molar-refractivity contribution in [2.24, 2.45) is 5.92 Å². The Kier molecular flexibility index (Phi) is 10.7. The molecule has 1 amide bonds. The Labute approximate surface area is 250 Å². The van der Waals surface area contributed by atoms with E-state index in [1.165, 1.54) is 0 Å². The van der Waals surface area contributed by atoms with Gasteiger partial charge in [-0.2, -0.15) is 0 Å². The number of ether oxygens (including phenoxy) is 3. The number of hydrogen-bond donors (Lipinski definition) is 1. The number of carboxylic acid groups (broad SMARTS) is 1. The number of rotatable bonds is 15. The summed E-state index contributed by atoms with van der Waals surface area (Å²) >= 11 is 0. The Morgan fingerprint density at radius 2 is 1.83 bits per heavy atom. The largest absolute Gasteiger partial charge is 0.493 e. The van der Waals surface area contributed by atoms with Gasteiger partial charge in [0.05, 0.1) is 59.9 Å². The van der Waals surface area contributed by atoms with E-state index in [1.807, 2.05) is 46.2 Å². The summed E-state index contributed by atoms with van der Waals surface area (Å²) in [4.78, 5) is 30.7. The first kappa shape index (κ1) is 31.6. The highest BCUT2D eigenvalue weighted by Crippen LogP contribution is 2.40. The number of nitrogens with zero attached hydrogens (tertiary/aromatic N) is 3. The molecular weight excluding hydrogens is 534 g/mol. The second-order valence-corrected chi connectivity index (χ2v) is 12.5. The fraction of sp³-hybridized carbons (Fsp3) is 0.576. The van der Waals surface area contributed by atoms with E-state index >= 15 is 0 Å². The Bertz CT molecular complexity index is 1210. The number of carboxylic acids is 1. The predicted molar refractivity (Wildman–Crippen MR) is 162 cm³/mol. The zero-order valence-corrected chi connectivity index (χ0v) is 25.9. The Morgan fingerprint density at radius 1 is 1.10 bits per heavy atom. The van der Waals surface area contributed by atoms with E-state index < -0.39 is 17.9 Å². The third-order valence-corrected chi connectivity index (χ3v) is 8.38. The molecule has 230 valence electrons. The maximum absolute atomic E-state index is 13.8. The number of methoxy groups -OCH3 is 1. The van der Waals surface area contributed by atoms with Gasteiger partial charge in [0.15, 0.2) is 11.5 Å². The van der Waals surface area contributed by atoms with Crippen LogP contribution in [-0.2, 0) is 16.0 Å². The normalized spacial score (nSPS) is 20.2. The van der Waals surface area contributed by atoms with Gasteiger partial charge in [-0.1, -0.05) is 37.6 Å². The number of fused-ring (bicyclic) bond motifs is 1. The van der Waals surface area contributed by atoms with Crippen LogP contribution in [0.5, 0.6) is 17.2 Å². The number of quaternary nitrogens is 1. The van der Waals surface area contributed by atoms with Crippen LogP contribution in [0.3, 0.4) is 0 Å². The van der Waals surface area contributed by atoms with Crippen LogP contribution < -0.4 is 14.2 Å². The zero-order chi connectivity index (χ0) is 30.3. The summed E-state index contributed by atoms with van der Waals surface area (Å²) in [6.07, 6.45) is 3.67. The van der Waals surface area contributed by atoms with Gasteiger partial charge in [0.1, 0.15) is 12.4 Å². The van der Waals surface area contributed by atoms with Crippen LogP contribution in [0.2, 0.25) is 0 Å². The number of benzene rings is 2. The van der Waals surface area contributed by atoms with E-state index in [0.717, 1.165) is 53.6 Å². The lowest BCUT2D eigenvalue weighted by Gasteiger charge is -2.30. The van der Waals surface area contributed by atoms with Crippen molar-refractivity contribution in [3.63, 3.8) is 0 Å². The highest BCUT2D eigenvalue weighted by Gasteiger charge is 2.48. The highest BCUT2D eigenvalue weighted by molar-refractivity contribution is 5.79. The second-order valence-electron chi connectivity index (χ2n) is 12.5. The van der Waals surface area contributed by atoms with Gasteiger partial charge in [-0.05, 0) is 35.7 Å². The molecule has 2 heterocycles. The van der Waals surface area contributed by atoms with Crippen molar-refractivity contribution in [1.29, 1.82) is 0 Å². The smallest absolute Gasteiger partial charge is 0.308 e. The molecule has 0 aromatic heterocycles. The summed E-state index contributed by atoms with van der Waals surface area (Å²) in [5, 5.41) is 10.5. The van der Waals surface area contributed by atoms with E-state index in [9.17, 15) is 14.7 Å². The second kappa shape index (κ2) is 14.2. The van der Waals surface area contributed by atoms with Crippen LogP contribution in [0.25, 0.3) is 0 Å². The molecule has 1 N–H and O–H groups in total. The first-order valence-corrected chi connectivity index (χ1v) is 15.2. The maximum Gasteiger partial charge on any atom is 0.308 e. The molecule has 1 saturated heterocycles. The average Bonchev–Trinajstić information content (AvgIpc) is 3.57. The van der Waals surface area contributed by atoms with Crippen molar-refractivity contribution in [1.82, 2.24) is 9.80 Å². The van der Waals surface area contributed by atoms with Crippen LogP contribution in [0.1, 0.15) is 43.2 Å². The van der Waals surface area contributed by atoms with Crippen LogP contribution in [-0.4, -0.2) is 111 Å². The number of amides is 1. The number of carbonyl (C=O) groups is 2. The lowest BCUT2D eigenvalue weighted by Crippen LogP contribution is -2.47. The van der Waals surface area contributed by atoms with Crippen molar-refractivity contribution in [3.05, 3.63) is 53.6 Å². The fourth-order valence-electron chi connectivity index (χ4n) is 6.11. The monoisotopic (exact) mass is 582 g/mol. The lowest BCUT2D eigenvalue weighted by atomic mass is 9.84. The number of unbranched alkanes of at least 4 members (excludes halogenated alkanes) is 1. The first-order valence-electron chi connectivity index (χ1n) is 15.2. The van der Waals surface area contributed by atoms with Crippen molar-refractivity contribution in [2.45, 2.75) is 44.6 Å². The Hall–Kier alpha value is -3.30. The van der Waals surface area contributed by atoms with Crippen LogP contribution in [0.4, 0.5) is 0 Å². The molecule has 4 rings (SSSR count). The minimum Gasteiger partial charge on any atom is -0.493 e. The summed E-state index contributed by atoms with van der Waals surface area (Å²) in [6, 6.07) is 12.9. The zero-order valence-electron chi connectivity index (χ0n) is 25.9. The summed E-state index contributed by atoms with van der Waals surface area (Å²) in [6.45, 7) is 5.89. The summed E-state index contributed by atoms with van der Waals surface area (Å²) in [7, 11) is 8.06. The quantitative estimate of drug-likeness (QED) is 0.319. The minimum absolute atomic E-state index is 0.0410. The van der Waals surface area contributed by atoms with E-state index in [2.05, 4.69) is 34.1 Å². The van der Waals surface area contributed by atoms with Gasteiger partial charge in [0.25, 0.3) is 0 Å². The van der Waals surface area contributed by atoms with Crippen molar-refractivity contribution < 1.29 is 33.4 Å². The molecule has 2 aliphatic rings. The SMILES string of the molecule is CCCCN(CCC[N+](C)(C)C)C(=O)CN1C[C@H](c2ccc3c(c2)CCO3)C(C(=O)O)[C@@H]1COc1ccccc1OC. The number of para-hydroxylation sites is 2. The fourth-order valence-corrected chi connectivity index (χ4v) is 6.11. The molecule has 0 spiro atoms. The number of likely N-dealkylation sites (tertiary alicyclic amines) is 1. The Balaban J connectivity index is 1.59. The van der Waals surface area contributed by atoms with Gasteiger partial charge in [0.2, 0.25) is 5.91 Å². The van der Waals surface area contributed by atoms with Crippen molar-refractivity contribution in [2.75, 3.05) is 74.2 Å². The molecule has 0 saturated carbocycles. The molecule has 2 aliphatic heterocycles. The molecule has 0 bridgehead atoms. The molecule has 2 aromatic rings. The average molecular weight is 583 g/mol. The number of aliphatic carboxylic acids is 1. The number of carbonyl (C=O) groups excluding carboxylic acids is 1. The van der Waals surface area contributed by atoms with Gasteiger partial charge in [-0.25, -0.2) is 0 Å².